The van der Waals surface area contributed by atoms with Gasteiger partial charge in [-0.1, -0.05) is 17.7 Å². The van der Waals surface area contributed by atoms with Crippen LogP contribution in [0.5, 0.6) is 0 Å². The van der Waals surface area contributed by atoms with Crippen molar-refractivity contribution < 1.29 is 13.1 Å². The number of hydrogen-bond acceptors (Lipinski definition) is 2. The van der Waals surface area contributed by atoms with Crippen LogP contribution in [0.25, 0.3) is 0 Å². The third kappa shape index (κ3) is 4.21. The molecule has 4 heteroatoms. The molecule has 1 unspecified atom stereocenters. The quantitative estimate of drug-likeness (QED) is 0.589. The molecule has 0 saturated carbocycles. The first-order chi connectivity index (χ1) is 3.81. The molecule has 0 aromatic carbocycles. The first-order valence-corrected chi connectivity index (χ1v) is 3.73. The summed E-state index contributed by atoms with van der Waals surface area (Å²) in [6.45, 7) is 1.94. The van der Waals surface area contributed by atoms with Gasteiger partial charge in [-0.15, -0.1) is 0 Å². The average molecular weight is 140 g/mol. The van der Waals surface area contributed by atoms with Crippen LogP contribution < -0.4 is 0 Å². The standard InChI is InChI=1S/C4H9FO2S/c1-2-3-4-8(6)7-5/h2-4H2,1H3. The molecule has 0 radical (unpaired) electrons. The van der Waals surface area contributed by atoms with Gasteiger partial charge in [0.2, 0.25) is 0 Å². The van der Waals surface area contributed by atoms with Crippen molar-refractivity contribution in [3.63, 3.8) is 0 Å². The molecule has 0 aliphatic heterocycles. The molecule has 0 spiro atoms. The van der Waals surface area contributed by atoms with Gasteiger partial charge in [0.1, 0.15) is 0 Å². The predicted molar refractivity (Wildman–Crippen MR) is 30.1 cm³/mol. The molecule has 50 valence electrons. The van der Waals surface area contributed by atoms with Crippen molar-refractivity contribution in [2.45, 2.75) is 19.8 Å². The topological polar surface area (TPSA) is 26.3 Å². The Morgan fingerprint density at radius 2 is 2.38 bits per heavy atom. The van der Waals surface area contributed by atoms with Crippen molar-refractivity contribution in [2.24, 2.45) is 0 Å². The van der Waals surface area contributed by atoms with E-state index in [0.29, 0.717) is 5.75 Å². The van der Waals surface area contributed by atoms with E-state index in [4.69, 9.17) is 0 Å². The Balaban J connectivity index is 2.99. The van der Waals surface area contributed by atoms with E-state index in [1.54, 1.807) is 0 Å². The van der Waals surface area contributed by atoms with Crippen LogP contribution in [0.2, 0.25) is 0 Å². The molecule has 8 heavy (non-hydrogen) atoms. The molecule has 0 heterocycles. The normalized spacial score (nSPS) is 13.8. The van der Waals surface area contributed by atoms with E-state index in [0.717, 1.165) is 12.8 Å². The third-order valence-corrected chi connectivity index (χ3v) is 1.50. The Morgan fingerprint density at radius 3 is 2.75 bits per heavy atom. The number of rotatable bonds is 4. The van der Waals surface area contributed by atoms with Crippen molar-refractivity contribution in [1.82, 2.24) is 0 Å². The van der Waals surface area contributed by atoms with E-state index in [1.165, 1.54) is 0 Å². The summed E-state index contributed by atoms with van der Waals surface area (Å²) in [6, 6.07) is 0. The minimum atomic E-state index is -1.69. The Bertz CT molecular complexity index is 76.4. The van der Waals surface area contributed by atoms with Crippen LogP contribution in [0, 0.1) is 0 Å². The number of hydrogen-bond donors (Lipinski definition) is 0. The molecule has 0 aromatic rings. The summed E-state index contributed by atoms with van der Waals surface area (Å²) >= 11 is -1.69. The number of unbranched alkanes of at least 4 members (excludes halogenated alkanes) is 1. The smallest absolute Gasteiger partial charge is 0.192 e. The molecule has 0 amide bonds. The lowest BCUT2D eigenvalue weighted by Crippen LogP contribution is -1.94. The van der Waals surface area contributed by atoms with Gasteiger partial charge in [-0.05, 0) is 10.9 Å². The molecule has 0 rings (SSSR count). The molecule has 0 aliphatic rings. The van der Waals surface area contributed by atoms with Crippen LogP contribution in [0.3, 0.4) is 0 Å². The monoisotopic (exact) mass is 140 g/mol. The molecule has 2 nitrogen and oxygen atoms in total. The highest BCUT2D eigenvalue weighted by molar-refractivity contribution is 7.80. The van der Waals surface area contributed by atoms with Gasteiger partial charge in [-0.2, -0.15) is 0 Å². The maximum absolute atomic E-state index is 10.9. The summed E-state index contributed by atoms with van der Waals surface area (Å²) in [6.07, 6.45) is 1.66. The molecule has 0 saturated heterocycles. The second-order valence-electron chi connectivity index (χ2n) is 1.42. The van der Waals surface area contributed by atoms with E-state index in [2.05, 4.69) is 4.39 Å². The molecular weight excluding hydrogens is 131 g/mol. The second-order valence-corrected chi connectivity index (χ2v) is 2.57. The van der Waals surface area contributed by atoms with E-state index in [1.807, 2.05) is 6.92 Å². The van der Waals surface area contributed by atoms with Gasteiger partial charge in [-0.3, -0.25) is 0 Å². The van der Waals surface area contributed by atoms with Gasteiger partial charge in [0.15, 0.2) is 11.1 Å². The molecule has 0 N–H and O–H groups in total. The highest BCUT2D eigenvalue weighted by atomic mass is 32.2. The highest BCUT2D eigenvalue weighted by Crippen LogP contribution is 1.92. The molecule has 0 fully saturated rings. The van der Waals surface area contributed by atoms with E-state index >= 15 is 0 Å². The van der Waals surface area contributed by atoms with Crippen LogP contribution in [-0.2, 0) is 15.5 Å². The Kier molecular flexibility index (Phi) is 5.21. The van der Waals surface area contributed by atoms with Crippen LogP contribution >= 0.6 is 0 Å². The van der Waals surface area contributed by atoms with Gasteiger partial charge < -0.3 is 0 Å². The fourth-order valence-electron chi connectivity index (χ4n) is 0.294. The van der Waals surface area contributed by atoms with Gasteiger partial charge in [0, 0.05) is 0 Å². The molecule has 0 aliphatic carbocycles. The van der Waals surface area contributed by atoms with Crippen LogP contribution in [0.1, 0.15) is 19.8 Å². The lowest BCUT2D eigenvalue weighted by molar-refractivity contribution is 0.0126. The zero-order valence-corrected chi connectivity index (χ0v) is 5.54. The van der Waals surface area contributed by atoms with Crippen molar-refractivity contribution in [1.29, 1.82) is 0 Å². The van der Waals surface area contributed by atoms with Gasteiger partial charge >= 0.3 is 0 Å². The van der Waals surface area contributed by atoms with Crippen molar-refractivity contribution in [3.8, 4) is 0 Å². The van der Waals surface area contributed by atoms with Gasteiger partial charge in [0.25, 0.3) is 0 Å². The van der Waals surface area contributed by atoms with Crippen LogP contribution in [0.15, 0.2) is 0 Å². The lowest BCUT2D eigenvalue weighted by Gasteiger charge is -1.89. The van der Waals surface area contributed by atoms with Crippen LogP contribution in [0.4, 0.5) is 4.53 Å². The first-order valence-electron chi connectivity index (χ1n) is 2.48. The van der Waals surface area contributed by atoms with Gasteiger partial charge in [-0.25, -0.2) is 4.21 Å². The highest BCUT2D eigenvalue weighted by Gasteiger charge is 1.95. The largest absolute Gasteiger partial charge is 0.227 e. The molecule has 0 aromatic heterocycles. The number of halogens is 1. The van der Waals surface area contributed by atoms with Crippen molar-refractivity contribution in [3.05, 3.63) is 0 Å². The summed E-state index contributed by atoms with van der Waals surface area (Å²) in [5.74, 6) is 0.299. The second kappa shape index (κ2) is 5.18. The molecule has 1 atom stereocenters. The zero-order valence-electron chi connectivity index (χ0n) is 4.72. The third-order valence-electron chi connectivity index (χ3n) is 0.735. The summed E-state index contributed by atoms with van der Waals surface area (Å²) in [7, 11) is 0. The zero-order chi connectivity index (χ0) is 6.41. The lowest BCUT2D eigenvalue weighted by atomic mass is 10.4. The minimum absolute atomic E-state index is 0.299. The Morgan fingerprint density at radius 1 is 1.75 bits per heavy atom. The fourth-order valence-corrected chi connectivity index (χ4v) is 0.881. The maximum Gasteiger partial charge on any atom is 0.192 e. The van der Waals surface area contributed by atoms with E-state index < -0.39 is 11.1 Å². The summed E-state index contributed by atoms with van der Waals surface area (Å²) in [5, 5.41) is 0. The summed E-state index contributed by atoms with van der Waals surface area (Å²) in [4.78, 5) is 0. The molecular formula is C4H9FO2S. The minimum Gasteiger partial charge on any atom is -0.227 e. The molecule has 0 bridgehead atoms. The van der Waals surface area contributed by atoms with Crippen LogP contribution in [-0.4, -0.2) is 9.96 Å². The van der Waals surface area contributed by atoms with Gasteiger partial charge in [0.05, 0.1) is 5.75 Å². The van der Waals surface area contributed by atoms with Crippen molar-refractivity contribution >= 4 is 11.1 Å². The summed E-state index contributed by atoms with van der Waals surface area (Å²) < 4.78 is 24.0. The van der Waals surface area contributed by atoms with E-state index in [-0.39, 0.29) is 0 Å². The predicted octanol–water partition coefficient (Wildman–Crippen LogP) is 1.35. The SMILES string of the molecule is CCCCS(=O)OF. The van der Waals surface area contributed by atoms with Crippen molar-refractivity contribution in [2.75, 3.05) is 5.75 Å². The maximum atomic E-state index is 10.9. The Hall–Kier alpha value is 0.0400. The summed E-state index contributed by atoms with van der Waals surface area (Å²) in [5.41, 5.74) is 0. The Labute approximate surface area is 50.6 Å². The van der Waals surface area contributed by atoms with E-state index in [9.17, 15) is 8.74 Å². The fraction of sp³-hybridized carbons (Fsp3) is 1.00. The average Bonchev–Trinajstić information content (AvgIpc) is 1.83. The first kappa shape index (κ1) is 8.04.